The molecule has 6 heteroatoms. The third kappa shape index (κ3) is 4.50. The third-order valence-electron chi connectivity index (χ3n) is 5.46. The van der Waals surface area contributed by atoms with Crippen molar-refractivity contribution in [1.82, 2.24) is 14.9 Å². The van der Waals surface area contributed by atoms with Crippen LogP contribution in [0.5, 0.6) is 0 Å². The molecular formula is C22H28N4O2. The summed E-state index contributed by atoms with van der Waals surface area (Å²) in [5, 5.41) is 3.36. The maximum absolute atomic E-state index is 13.1. The monoisotopic (exact) mass is 380 g/mol. The quantitative estimate of drug-likeness (QED) is 0.858. The number of aromatic nitrogens is 2. The number of nitrogens with one attached hydrogen (secondary N) is 1. The van der Waals surface area contributed by atoms with Gasteiger partial charge in [-0.05, 0) is 31.6 Å². The van der Waals surface area contributed by atoms with E-state index in [4.69, 9.17) is 4.74 Å². The molecule has 3 heterocycles. The van der Waals surface area contributed by atoms with Crippen LogP contribution in [-0.4, -0.2) is 53.1 Å². The number of benzene rings is 1. The molecule has 2 unspecified atom stereocenters. The number of anilines is 1. The van der Waals surface area contributed by atoms with Crippen molar-refractivity contribution in [2.75, 3.05) is 31.6 Å². The minimum Gasteiger partial charge on any atom is -0.376 e. The summed E-state index contributed by atoms with van der Waals surface area (Å²) in [6.07, 6.45) is 4.59. The molecule has 28 heavy (non-hydrogen) atoms. The smallest absolute Gasteiger partial charge is 0.272 e. The van der Waals surface area contributed by atoms with Crippen molar-refractivity contribution < 1.29 is 9.53 Å². The van der Waals surface area contributed by atoms with Gasteiger partial charge in [0.25, 0.3) is 5.91 Å². The average molecular weight is 380 g/mol. The Morgan fingerprint density at radius 1 is 1.21 bits per heavy atom. The van der Waals surface area contributed by atoms with Gasteiger partial charge in [-0.1, -0.05) is 37.3 Å². The molecule has 1 aromatic heterocycles. The van der Waals surface area contributed by atoms with Gasteiger partial charge in [-0.25, -0.2) is 9.97 Å². The van der Waals surface area contributed by atoms with Crippen LogP contribution in [0.25, 0.3) is 11.4 Å². The lowest BCUT2D eigenvalue weighted by Crippen LogP contribution is -2.39. The van der Waals surface area contributed by atoms with Crippen molar-refractivity contribution in [2.24, 2.45) is 5.92 Å². The predicted molar refractivity (Wildman–Crippen MR) is 109 cm³/mol. The summed E-state index contributed by atoms with van der Waals surface area (Å²) >= 11 is 0. The van der Waals surface area contributed by atoms with Crippen LogP contribution in [0.4, 0.5) is 5.82 Å². The van der Waals surface area contributed by atoms with Crippen LogP contribution < -0.4 is 5.32 Å². The molecule has 0 aliphatic carbocycles. The Hall–Kier alpha value is -2.47. The van der Waals surface area contributed by atoms with Crippen LogP contribution in [0.2, 0.25) is 0 Å². The Morgan fingerprint density at radius 2 is 2.07 bits per heavy atom. The summed E-state index contributed by atoms with van der Waals surface area (Å²) in [6.45, 7) is 5.31. The van der Waals surface area contributed by atoms with Gasteiger partial charge in [0, 0.05) is 37.9 Å². The molecule has 1 N–H and O–H groups in total. The lowest BCUT2D eigenvalue weighted by Gasteiger charge is -2.30. The van der Waals surface area contributed by atoms with E-state index in [1.54, 1.807) is 6.07 Å². The minimum absolute atomic E-state index is 0.00806. The standard InChI is InChI=1S/C22H28N4O2/c1-16-7-5-11-26(15-16)22(27)19-13-20(23-14-18-10-6-12-28-18)25-21(24-19)17-8-3-2-4-9-17/h2-4,8-9,13,16,18H,5-7,10-12,14-15H2,1H3,(H,23,24,25). The lowest BCUT2D eigenvalue weighted by molar-refractivity contribution is 0.0677. The van der Waals surface area contributed by atoms with Crippen LogP contribution >= 0.6 is 0 Å². The molecule has 2 fully saturated rings. The van der Waals surface area contributed by atoms with Gasteiger partial charge in [-0.15, -0.1) is 0 Å². The van der Waals surface area contributed by atoms with E-state index in [1.807, 2.05) is 35.2 Å². The van der Waals surface area contributed by atoms with Crippen molar-refractivity contribution in [1.29, 1.82) is 0 Å². The number of nitrogens with zero attached hydrogens (tertiary/aromatic N) is 3. The zero-order valence-corrected chi connectivity index (χ0v) is 16.4. The van der Waals surface area contributed by atoms with Crippen molar-refractivity contribution in [2.45, 2.75) is 38.7 Å². The maximum atomic E-state index is 13.1. The first-order chi connectivity index (χ1) is 13.7. The molecule has 0 radical (unpaired) electrons. The molecule has 6 nitrogen and oxygen atoms in total. The Balaban J connectivity index is 1.60. The zero-order valence-electron chi connectivity index (χ0n) is 16.4. The van der Waals surface area contributed by atoms with Crippen molar-refractivity contribution >= 4 is 11.7 Å². The number of hydrogen-bond acceptors (Lipinski definition) is 5. The Kier molecular flexibility index (Phi) is 5.86. The number of carbonyl (C=O) groups excluding carboxylic acids is 1. The topological polar surface area (TPSA) is 67.4 Å². The van der Waals surface area contributed by atoms with Crippen LogP contribution in [-0.2, 0) is 4.74 Å². The summed E-state index contributed by atoms with van der Waals surface area (Å²) in [5.74, 6) is 1.78. The number of hydrogen-bond donors (Lipinski definition) is 1. The Morgan fingerprint density at radius 3 is 2.82 bits per heavy atom. The normalized spacial score (nSPS) is 22.2. The molecule has 0 spiro atoms. The summed E-state index contributed by atoms with van der Waals surface area (Å²) in [7, 11) is 0. The van der Waals surface area contributed by atoms with E-state index in [1.165, 1.54) is 6.42 Å². The average Bonchev–Trinajstić information content (AvgIpc) is 3.26. The molecule has 2 saturated heterocycles. The van der Waals surface area contributed by atoms with Gasteiger partial charge in [0.15, 0.2) is 5.82 Å². The molecule has 2 aromatic rings. The van der Waals surface area contributed by atoms with E-state index in [2.05, 4.69) is 22.2 Å². The molecule has 1 aromatic carbocycles. The Labute approximate surface area is 166 Å². The van der Waals surface area contributed by atoms with Gasteiger partial charge in [0.2, 0.25) is 0 Å². The number of rotatable bonds is 5. The fourth-order valence-corrected chi connectivity index (χ4v) is 3.92. The zero-order chi connectivity index (χ0) is 19.3. The molecule has 0 bridgehead atoms. The van der Waals surface area contributed by atoms with Gasteiger partial charge in [0.05, 0.1) is 6.10 Å². The second-order valence-electron chi connectivity index (χ2n) is 7.84. The number of piperidine rings is 1. The molecular weight excluding hydrogens is 352 g/mol. The first kappa shape index (κ1) is 18.9. The highest BCUT2D eigenvalue weighted by Gasteiger charge is 2.24. The molecule has 148 valence electrons. The third-order valence-corrected chi connectivity index (χ3v) is 5.46. The second kappa shape index (κ2) is 8.69. The van der Waals surface area contributed by atoms with Crippen LogP contribution in [0, 0.1) is 5.92 Å². The van der Waals surface area contributed by atoms with E-state index in [0.29, 0.717) is 29.8 Å². The van der Waals surface area contributed by atoms with Gasteiger partial charge >= 0.3 is 0 Å². The maximum Gasteiger partial charge on any atom is 0.272 e. The molecule has 1 amide bonds. The van der Waals surface area contributed by atoms with Crippen molar-refractivity contribution in [3.05, 3.63) is 42.1 Å². The van der Waals surface area contributed by atoms with Crippen LogP contribution in [0.15, 0.2) is 36.4 Å². The van der Waals surface area contributed by atoms with Crippen molar-refractivity contribution in [3.8, 4) is 11.4 Å². The van der Waals surface area contributed by atoms with Gasteiger partial charge < -0.3 is 15.0 Å². The van der Waals surface area contributed by atoms with E-state index in [0.717, 1.165) is 44.5 Å². The van der Waals surface area contributed by atoms with E-state index < -0.39 is 0 Å². The summed E-state index contributed by atoms with van der Waals surface area (Å²) in [5.41, 5.74) is 1.36. The highest BCUT2D eigenvalue weighted by molar-refractivity contribution is 5.93. The minimum atomic E-state index is -0.00806. The summed E-state index contributed by atoms with van der Waals surface area (Å²) in [6, 6.07) is 11.6. The summed E-state index contributed by atoms with van der Waals surface area (Å²) in [4.78, 5) is 24.3. The fraction of sp³-hybridized carbons (Fsp3) is 0.500. The molecule has 4 rings (SSSR count). The largest absolute Gasteiger partial charge is 0.376 e. The number of ether oxygens (including phenoxy) is 1. The number of amides is 1. The van der Waals surface area contributed by atoms with Gasteiger partial charge in [0.1, 0.15) is 11.5 Å². The molecule has 0 saturated carbocycles. The number of likely N-dealkylation sites (tertiary alicyclic amines) is 1. The van der Waals surface area contributed by atoms with E-state index in [-0.39, 0.29) is 12.0 Å². The van der Waals surface area contributed by atoms with E-state index >= 15 is 0 Å². The number of carbonyl (C=O) groups is 1. The predicted octanol–water partition coefficient (Wildman–Crippen LogP) is 3.61. The highest BCUT2D eigenvalue weighted by Crippen LogP contribution is 2.22. The Bertz CT molecular complexity index is 805. The first-order valence-electron chi connectivity index (χ1n) is 10.3. The SMILES string of the molecule is CC1CCCN(C(=O)c2cc(NCC3CCCO3)nc(-c3ccccc3)n2)C1. The molecule has 2 atom stereocenters. The first-order valence-corrected chi connectivity index (χ1v) is 10.3. The van der Waals surface area contributed by atoms with Crippen molar-refractivity contribution in [3.63, 3.8) is 0 Å². The van der Waals surface area contributed by atoms with Gasteiger partial charge in [-0.2, -0.15) is 0 Å². The second-order valence-corrected chi connectivity index (χ2v) is 7.84. The van der Waals surface area contributed by atoms with Crippen LogP contribution in [0.1, 0.15) is 43.1 Å². The van der Waals surface area contributed by atoms with Crippen LogP contribution in [0.3, 0.4) is 0 Å². The van der Waals surface area contributed by atoms with Gasteiger partial charge in [-0.3, -0.25) is 4.79 Å². The highest BCUT2D eigenvalue weighted by atomic mass is 16.5. The van der Waals surface area contributed by atoms with E-state index in [9.17, 15) is 4.79 Å². The summed E-state index contributed by atoms with van der Waals surface area (Å²) < 4.78 is 5.69. The fourth-order valence-electron chi connectivity index (χ4n) is 3.92. The molecule has 2 aliphatic rings. The lowest BCUT2D eigenvalue weighted by atomic mass is 10.00. The molecule has 2 aliphatic heterocycles.